The van der Waals surface area contributed by atoms with Crippen LogP contribution in [0.3, 0.4) is 0 Å². The van der Waals surface area contributed by atoms with E-state index in [2.05, 4.69) is 10.1 Å². The van der Waals surface area contributed by atoms with Crippen LogP contribution in [0.1, 0.15) is 0 Å². The molecule has 0 aliphatic carbocycles. The Hall–Kier alpha value is -2.63. The van der Waals surface area contributed by atoms with Gasteiger partial charge in [-0.25, -0.2) is 9.48 Å². The maximum Gasteiger partial charge on any atom is 0.439 e. The van der Waals surface area contributed by atoms with Gasteiger partial charge in [0.25, 0.3) is 0 Å². The molecule has 0 saturated heterocycles. The van der Waals surface area contributed by atoms with E-state index in [9.17, 15) is 4.79 Å². The van der Waals surface area contributed by atoms with Crippen molar-refractivity contribution in [3.63, 3.8) is 0 Å². The zero-order valence-electron chi connectivity index (χ0n) is 12.3. The van der Waals surface area contributed by atoms with Crippen LogP contribution < -0.4 is 10.1 Å². The normalized spacial score (nSPS) is 11.3. The lowest BCUT2D eigenvalue weighted by atomic mass is 10.3. The molecule has 120 valence electrons. The van der Waals surface area contributed by atoms with Crippen LogP contribution >= 0.6 is 23.2 Å². The van der Waals surface area contributed by atoms with E-state index in [1.165, 1.54) is 18.3 Å². The fourth-order valence-electron chi connectivity index (χ4n) is 1.92. The molecule has 2 aromatic carbocycles. The van der Waals surface area contributed by atoms with E-state index in [4.69, 9.17) is 27.9 Å². The summed E-state index contributed by atoms with van der Waals surface area (Å²) in [5, 5.41) is 5.27. The van der Waals surface area contributed by atoms with Gasteiger partial charge < -0.3 is 4.74 Å². The summed E-state index contributed by atoms with van der Waals surface area (Å²) in [7, 11) is 0. The summed E-state index contributed by atoms with van der Waals surface area (Å²) < 4.78 is 6.76. The van der Waals surface area contributed by atoms with Gasteiger partial charge in [0.15, 0.2) is 0 Å². The second-order valence-electron chi connectivity index (χ2n) is 4.72. The molecule has 7 heteroatoms. The molecule has 0 radical (unpaired) electrons. The first-order valence-corrected chi connectivity index (χ1v) is 7.69. The third-order valence-corrected chi connectivity index (χ3v) is 3.78. The Bertz CT molecular complexity index is 920. The average molecular weight is 360 g/mol. The summed E-state index contributed by atoms with van der Waals surface area (Å²) in [4.78, 5) is 15.7. The fourth-order valence-corrected chi connectivity index (χ4v) is 2.21. The lowest BCUT2D eigenvalue weighted by molar-refractivity contribution is 0.210. The summed E-state index contributed by atoms with van der Waals surface area (Å²) >= 11 is 11.7. The second-order valence-corrected chi connectivity index (χ2v) is 5.54. The molecule has 0 fully saturated rings. The average Bonchev–Trinajstić information content (AvgIpc) is 2.59. The predicted octanol–water partition coefficient (Wildman–Crippen LogP) is 4.28. The van der Waals surface area contributed by atoms with E-state index in [0.717, 1.165) is 5.69 Å². The molecular formula is C17H11Cl2N3O2. The van der Waals surface area contributed by atoms with Crippen LogP contribution in [0.25, 0.3) is 5.69 Å². The lowest BCUT2D eigenvalue weighted by Crippen LogP contribution is -2.13. The number of para-hydroxylation sites is 1. The highest BCUT2D eigenvalue weighted by Crippen LogP contribution is 2.26. The Kier molecular flexibility index (Phi) is 4.93. The first kappa shape index (κ1) is 16.2. The van der Waals surface area contributed by atoms with Crippen molar-refractivity contribution in [1.82, 2.24) is 9.78 Å². The van der Waals surface area contributed by atoms with Crippen LogP contribution in [0.2, 0.25) is 10.0 Å². The second kappa shape index (κ2) is 7.29. The van der Waals surface area contributed by atoms with Crippen molar-refractivity contribution in [3.05, 3.63) is 82.4 Å². The zero-order chi connectivity index (χ0) is 16.9. The molecule has 3 rings (SSSR count). The zero-order valence-corrected chi connectivity index (χ0v) is 13.8. The first-order chi connectivity index (χ1) is 11.6. The van der Waals surface area contributed by atoms with Gasteiger partial charge in [-0.05, 0) is 30.3 Å². The molecule has 0 aliphatic heterocycles. The summed E-state index contributed by atoms with van der Waals surface area (Å²) in [6.07, 6.45) is 2.41. The quantitative estimate of drug-likeness (QED) is 0.686. The summed E-state index contributed by atoms with van der Waals surface area (Å²) in [6.45, 7) is 0. The molecule has 5 nitrogen and oxygen atoms in total. The number of benzene rings is 2. The van der Waals surface area contributed by atoms with Crippen molar-refractivity contribution in [2.75, 3.05) is 0 Å². The largest absolute Gasteiger partial charge is 0.439 e. The first-order valence-electron chi connectivity index (χ1n) is 6.94. The van der Waals surface area contributed by atoms with Crippen LogP contribution in [-0.4, -0.2) is 15.9 Å². The van der Waals surface area contributed by atoms with Crippen molar-refractivity contribution in [1.29, 1.82) is 0 Å². The van der Waals surface area contributed by atoms with E-state index in [-0.39, 0.29) is 5.75 Å². The fraction of sp³-hybridized carbons (Fsp3) is 0. The molecule has 0 N–H and O–H groups in total. The third kappa shape index (κ3) is 4.01. The Labute approximate surface area is 147 Å². The van der Waals surface area contributed by atoms with E-state index in [1.807, 2.05) is 30.3 Å². The Morgan fingerprint density at radius 2 is 1.83 bits per heavy atom. The van der Waals surface area contributed by atoms with E-state index >= 15 is 0 Å². The number of rotatable bonds is 2. The minimum atomic E-state index is -0.771. The van der Waals surface area contributed by atoms with Crippen molar-refractivity contribution in [2.45, 2.75) is 0 Å². The maximum absolute atomic E-state index is 11.8. The smallest absolute Gasteiger partial charge is 0.409 e. The summed E-state index contributed by atoms with van der Waals surface area (Å²) in [5.74, 6) is 0.265. The predicted molar refractivity (Wildman–Crippen MR) is 91.6 cm³/mol. The van der Waals surface area contributed by atoms with Crippen molar-refractivity contribution in [3.8, 4) is 11.4 Å². The van der Waals surface area contributed by atoms with Gasteiger partial charge in [-0.2, -0.15) is 10.1 Å². The van der Waals surface area contributed by atoms with Gasteiger partial charge >= 0.3 is 6.09 Å². The van der Waals surface area contributed by atoms with Gasteiger partial charge in [-0.15, -0.1) is 0 Å². The molecule has 0 saturated carbocycles. The number of hydrogen-bond acceptors (Lipinski definition) is 3. The monoisotopic (exact) mass is 359 g/mol. The van der Waals surface area contributed by atoms with E-state index in [1.54, 1.807) is 23.0 Å². The van der Waals surface area contributed by atoms with Crippen LogP contribution in [0.15, 0.2) is 72.0 Å². The highest BCUT2D eigenvalue weighted by molar-refractivity contribution is 6.42. The number of carbonyl (C=O) groups is 1. The van der Waals surface area contributed by atoms with Gasteiger partial charge in [0.1, 0.15) is 5.75 Å². The highest BCUT2D eigenvalue weighted by Gasteiger charge is 2.05. The summed E-state index contributed by atoms with van der Waals surface area (Å²) in [6, 6.07) is 15.8. The van der Waals surface area contributed by atoms with Crippen molar-refractivity contribution in [2.24, 2.45) is 4.99 Å². The van der Waals surface area contributed by atoms with Gasteiger partial charge in [-0.1, -0.05) is 41.4 Å². The van der Waals surface area contributed by atoms with Gasteiger partial charge in [0, 0.05) is 12.3 Å². The molecular weight excluding hydrogens is 349 g/mol. The van der Waals surface area contributed by atoms with E-state index < -0.39 is 6.09 Å². The van der Waals surface area contributed by atoms with E-state index in [0.29, 0.717) is 15.4 Å². The number of hydrogen-bond donors (Lipinski definition) is 0. The molecule has 0 atom stereocenters. The van der Waals surface area contributed by atoms with Gasteiger partial charge in [0.05, 0.1) is 27.3 Å². The van der Waals surface area contributed by atoms with Crippen LogP contribution in [0.4, 0.5) is 4.79 Å². The molecule has 1 amide bonds. The number of aromatic nitrogens is 2. The Balaban J connectivity index is 1.76. The van der Waals surface area contributed by atoms with Gasteiger partial charge in [0.2, 0.25) is 0 Å². The summed E-state index contributed by atoms with van der Waals surface area (Å²) in [5.41, 5.74) is 0.905. The number of carbonyl (C=O) groups excluding carboxylic acids is 1. The molecule has 24 heavy (non-hydrogen) atoms. The number of ether oxygens (including phenoxy) is 1. The molecule has 0 aliphatic rings. The lowest BCUT2D eigenvalue weighted by Gasteiger charge is -2.04. The number of nitrogens with zero attached hydrogens (tertiary/aromatic N) is 3. The van der Waals surface area contributed by atoms with Gasteiger partial charge in [-0.3, -0.25) is 0 Å². The van der Waals surface area contributed by atoms with Crippen molar-refractivity contribution >= 4 is 29.3 Å². The third-order valence-electron chi connectivity index (χ3n) is 3.04. The SMILES string of the molecule is O=C(N=c1ccn(-c2ccccc2)nc1)Oc1ccc(Cl)c(Cl)c1. The molecule has 1 heterocycles. The molecule has 1 aromatic heterocycles. The maximum atomic E-state index is 11.8. The number of amides is 1. The van der Waals surface area contributed by atoms with Crippen LogP contribution in [0.5, 0.6) is 5.75 Å². The molecule has 0 bridgehead atoms. The minimum absolute atomic E-state index is 0.265. The molecule has 0 spiro atoms. The molecule has 0 unspecified atom stereocenters. The Morgan fingerprint density at radius 1 is 1.04 bits per heavy atom. The van der Waals surface area contributed by atoms with Crippen LogP contribution in [-0.2, 0) is 0 Å². The number of halogens is 2. The van der Waals surface area contributed by atoms with Crippen molar-refractivity contribution < 1.29 is 9.53 Å². The topological polar surface area (TPSA) is 56.5 Å². The standard InChI is InChI=1S/C17H11Cl2N3O2/c18-15-7-6-14(10-16(15)19)24-17(23)21-12-8-9-22(20-11-12)13-4-2-1-3-5-13/h1-11H. The molecule has 3 aromatic rings. The highest BCUT2D eigenvalue weighted by atomic mass is 35.5. The minimum Gasteiger partial charge on any atom is -0.409 e. The van der Waals surface area contributed by atoms with Crippen LogP contribution in [0, 0.1) is 0 Å². The Morgan fingerprint density at radius 3 is 2.50 bits per heavy atom.